The van der Waals surface area contributed by atoms with E-state index in [1.165, 1.54) is 0 Å². The van der Waals surface area contributed by atoms with Crippen molar-refractivity contribution >= 4 is 17.7 Å². The summed E-state index contributed by atoms with van der Waals surface area (Å²) in [6.45, 7) is 2.32. The molecule has 0 spiro atoms. The Balaban J connectivity index is 1.41. The summed E-state index contributed by atoms with van der Waals surface area (Å²) >= 11 is 1.98. The van der Waals surface area contributed by atoms with Crippen molar-refractivity contribution in [3.8, 4) is 5.75 Å². The second-order valence-electron chi connectivity index (χ2n) is 9.26. The van der Waals surface area contributed by atoms with E-state index < -0.39 is 12.1 Å². The van der Waals surface area contributed by atoms with Crippen LogP contribution < -0.4 is 4.74 Å². The van der Waals surface area contributed by atoms with Gasteiger partial charge in [0.2, 0.25) is 0 Å². The molecule has 1 aliphatic carbocycles. The quantitative estimate of drug-likeness (QED) is 0.426. The third-order valence-corrected chi connectivity index (χ3v) is 8.77. The molecule has 1 saturated carbocycles. The van der Waals surface area contributed by atoms with E-state index in [1.807, 2.05) is 49.0 Å². The van der Waals surface area contributed by atoms with E-state index in [1.54, 1.807) is 0 Å². The van der Waals surface area contributed by atoms with Crippen LogP contribution in [0.15, 0.2) is 30.3 Å². The molecule has 1 aliphatic heterocycles. The standard InChI is InChI=1S/C25H38O5S/c1-2-6-17(25(28)29)9-11-20-12-14-22-21(23(27)15-24(22)31-20)13-10-18(26)16-30-19-7-4-3-5-8-19/h3-5,7-8,17-18,20-24,26-27H,2,6,9-16H2,1H3,(H,28,29)/t17?,18-,20+,21-,22-,23-,24+/m1/s1. The lowest BCUT2D eigenvalue weighted by atomic mass is 9.85. The molecule has 31 heavy (non-hydrogen) atoms. The van der Waals surface area contributed by atoms with Crippen molar-refractivity contribution in [1.82, 2.24) is 0 Å². The minimum Gasteiger partial charge on any atom is -0.491 e. The summed E-state index contributed by atoms with van der Waals surface area (Å²) in [5.41, 5.74) is 0. The van der Waals surface area contributed by atoms with Gasteiger partial charge in [-0.1, -0.05) is 31.5 Å². The zero-order chi connectivity index (χ0) is 22.2. The number of hydrogen-bond donors (Lipinski definition) is 3. The summed E-state index contributed by atoms with van der Waals surface area (Å²) in [7, 11) is 0. The lowest BCUT2D eigenvalue weighted by Crippen LogP contribution is -2.29. The van der Waals surface area contributed by atoms with E-state index in [-0.39, 0.29) is 24.5 Å². The van der Waals surface area contributed by atoms with Crippen LogP contribution in [0.1, 0.15) is 64.7 Å². The second kappa shape index (κ2) is 12.1. The maximum atomic E-state index is 11.4. The van der Waals surface area contributed by atoms with Crippen molar-refractivity contribution in [2.45, 2.75) is 87.4 Å². The largest absolute Gasteiger partial charge is 0.491 e. The average molecular weight is 451 g/mol. The molecule has 3 N–H and O–H groups in total. The van der Waals surface area contributed by atoms with Crippen LogP contribution in [0.3, 0.4) is 0 Å². The molecular formula is C25H38O5S. The minimum absolute atomic E-state index is 0.218. The van der Waals surface area contributed by atoms with Crippen molar-refractivity contribution in [3.63, 3.8) is 0 Å². The molecule has 0 bridgehead atoms. The van der Waals surface area contributed by atoms with Crippen molar-refractivity contribution < 1.29 is 24.9 Å². The molecule has 6 heteroatoms. The molecule has 174 valence electrons. The Kier molecular flexibility index (Phi) is 9.54. The van der Waals surface area contributed by atoms with Gasteiger partial charge in [-0.3, -0.25) is 4.79 Å². The zero-order valence-corrected chi connectivity index (χ0v) is 19.4. The number of aliphatic carboxylic acids is 1. The van der Waals surface area contributed by atoms with Crippen molar-refractivity contribution in [3.05, 3.63) is 30.3 Å². The fraction of sp³-hybridized carbons (Fsp3) is 0.720. The van der Waals surface area contributed by atoms with Crippen molar-refractivity contribution in [1.29, 1.82) is 0 Å². The molecule has 1 heterocycles. The van der Waals surface area contributed by atoms with Crippen LogP contribution >= 0.6 is 11.8 Å². The van der Waals surface area contributed by atoms with E-state index in [4.69, 9.17) is 4.74 Å². The first-order valence-corrected chi connectivity index (χ1v) is 12.8. The van der Waals surface area contributed by atoms with Crippen LogP contribution in [0.4, 0.5) is 0 Å². The molecule has 0 amide bonds. The van der Waals surface area contributed by atoms with Crippen LogP contribution in [-0.2, 0) is 4.79 Å². The molecule has 1 aromatic carbocycles. The van der Waals surface area contributed by atoms with Gasteiger partial charge in [0.1, 0.15) is 12.4 Å². The normalized spacial score (nSPS) is 29.8. The van der Waals surface area contributed by atoms with E-state index in [2.05, 4.69) is 0 Å². The molecule has 5 nitrogen and oxygen atoms in total. The number of para-hydroxylation sites is 1. The first kappa shape index (κ1) is 24.4. The van der Waals surface area contributed by atoms with Gasteiger partial charge in [0.05, 0.1) is 18.1 Å². The molecule has 3 rings (SSSR count). The number of rotatable bonds is 12. The third kappa shape index (κ3) is 7.13. The van der Waals surface area contributed by atoms with Crippen LogP contribution in [-0.4, -0.2) is 50.6 Å². The van der Waals surface area contributed by atoms with Crippen LogP contribution in [0.25, 0.3) is 0 Å². The van der Waals surface area contributed by atoms with Gasteiger partial charge >= 0.3 is 5.97 Å². The lowest BCUT2D eigenvalue weighted by Gasteiger charge is -2.34. The highest BCUT2D eigenvalue weighted by molar-refractivity contribution is 8.00. The number of thioether (sulfide) groups is 1. The number of hydrogen-bond acceptors (Lipinski definition) is 5. The van der Waals surface area contributed by atoms with Gasteiger partial charge in [0.15, 0.2) is 0 Å². The fourth-order valence-corrected chi connectivity index (χ4v) is 7.21. The Morgan fingerprint density at radius 3 is 2.65 bits per heavy atom. The van der Waals surface area contributed by atoms with E-state index in [9.17, 15) is 20.1 Å². The maximum Gasteiger partial charge on any atom is 0.306 e. The van der Waals surface area contributed by atoms with Gasteiger partial charge in [-0.2, -0.15) is 11.8 Å². The highest BCUT2D eigenvalue weighted by atomic mass is 32.2. The van der Waals surface area contributed by atoms with Crippen LogP contribution in [0.2, 0.25) is 0 Å². The molecule has 2 aliphatic rings. The number of benzene rings is 1. The molecule has 2 fully saturated rings. The van der Waals surface area contributed by atoms with Gasteiger partial charge in [0.25, 0.3) is 0 Å². The molecule has 1 saturated heterocycles. The Labute approximate surface area is 190 Å². The van der Waals surface area contributed by atoms with Crippen LogP contribution in [0.5, 0.6) is 5.75 Å². The maximum absolute atomic E-state index is 11.4. The van der Waals surface area contributed by atoms with Gasteiger partial charge in [-0.25, -0.2) is 0 Å². The third-order valence-electron chi connectivity index (χ3n) is 7.03. The smallest absolute Gasteiger partial charge is 0.306 e. The highest BCUT2D eigenvalue weighted by Gasteiger charge is 2.45. The number of carboxylic acids is 1. The highest BCUT2D eigenvalue weighted by Crippen LogP contribution is 2.50. The summed E-state index contributed by atoms with van der Waals surface area (Å²) in [6.07, 6.45) is 7.07. The van der Waals surface area contributed by atoms with E-state index in [0.29, 0.717) is 22.8 Å². The minimum atomic E-state index is -0.660. The lowest BCUT2D eigenvalue weighted by molar-refractivity contribution is -0.142. The second-order valence-corrected chi connectivity index (χ2v) is 10.8. The van der Waals surface area contributed by atoms with Crippen LogP contribution in [0, 0.1) is 17.8 Å². The molecule has 7 atom stereocenters. The molecule has 0 radical (unpaired) electrons. The molecule has 0 aromatic heterocycles. The van der Waals surface area contributed by atoms with Crippen molar-refractivity contribution in [2.75, 3.05) is 6.61 Å². The number of aliphatic hydroxyl groups excluding tert-OH is 2. The first-order valence-electron chi connectivity index (χ1n) is 11.9. The Bertz CT molecular complexity index is 669. The predicted molar refractivity (Wildman–Crippen MR) is 124 cm³/mol. The van der Waals surface area contributed by atoms with Gasteiger partial charge in [-0.05, 0) is 75.3 Å². The zero-order valence-electron chi connectivity index (χ0n) is 18.6. The summed E-state index contributed by atoms with van der Waals surface area (Å²) < 4.78 is 5.65. The number of ether oxygens (including phenoxy) is 1. The molecule has 1 unspecified atom stereocenters. The Morgan fingerprint density at radius 2 is 1.94 bits per heavy atom. The first-order chi connectivity index (χ1) is 15.0. The van der Waals surface area contributed by atoms with Crippen molar-refractivity contribution in [2.24, 2.45) is 17.8 Å². The average Bonchev–Trinajstić information content (AvgIpc) is 3.08. The summed E-state index contributed by atoms with van der Waals surface area (Å²) in [6, 6.07) is 9.53. The molecular weight excluding hydrogens is 412 g/mol. The van der Waals surface area contributed by atoms with Gasteiger partial charge in [-0.15, -0.1) is 0 Å². The Hall–Kier alpha value is -1.24. The van der Waals surface area contributed by atoms with Gasteiger partial charge < -0.3 is 20.1 Å². The van der Waals surface area contributed by atoms with Gasteiger partial charge in [0, 0.05) is 10.5 Å². The predicted octanol–water partition coefficient (Wildman–Crippen LogP) is 4.75. The topological polar surface area (TPSA) is 87.0 Å². The number of aliphatic hydroxyl groups is 2. The number of fused-ring (bicyclic) bond motifs is 1. The SMILES string of the molecule is CCCC(CC[C@H]1CC[C@@H]2[C@@H](CC[C@@H](O)COc3ccccc3)[C@H](O)C[C@@H]2S1)C(=O)O. The summed E-state index contributed by atoms with van der Waals surface area (Å²) in [4.78, 5) is 11.4. The summed E-state index contributed by atoms with van der Waals surface area (Å²) in [5.74, 6) is 0.638. The molecule has 1 aromatic rings. The number of carboxylic acid groups (broad SMARTS) is 1. The fourth-order valence-electron chi connectivity index (χ4n) is 5.32. The monoisotopic (exact) mass is 450 g/mol. The van der Waals surface area contributed by atoms with E-state index in [0.717, 1.165) is 57.1 Å². The Morgan fingerprint density at radius 1 is 1.16 bits per heavy atom. The number of carbonyl (C=O) groups is 1. The summed E-state index contributed by atoms with van der Waals surface area (Å²) in [5, 5.41) is 31.4. The van der Waals surface area contributed by atoms with E-state index >= 15 is 0 Å².